The molecule has 0 spiro atoms. The minimum absolute atomic E-state index is 0.701. The van der Waals surface area contributed by atoms with Gasteiger partial charge >= 0.3 is 0 Å². The van der Waals surface area contributed by atoms with Gasteiger partial charge in [0.25, 0.3) is 0 Å². The Morgan fingerprint density at radius 1 is 1.29 bits per heavy atom. The molecule has 2 atom stereocenters. The van der Waals surface area contributed by atoms with E-state index in [4.69, 9.17) is 5.73 Å². The summed E-state index contributed by atoms with van der Waals surface area (Å²) >= 11 is 0. The third-order valence-electron chi connectivity index (χ3n) is 4.00. The van der Waals surface area contributed by atoms with Crippen LogP contribution < -0.4 is 5.73 Å². The van der Waals surface area contributed by atoms with Crippen molar-refractivity contribution in [2.75, 3.05) is 19.6 Å². The third kappa shape index (κ3) is 5.39. The Hall–Kier alpha value is -0.0800. The molecule has 1 saturated heterocycles. The minimum Gasteiger partial charge on any atom is -0.330 e. The maximum atomic E-state index is 5.93. The van der Waals surface area contributed by atoms with Gasteiger partial charge in [0, 0.05) is 12.6 Å². The van der Waals surface area contributed by atoms with Crippen molar-refractivity contribution in [3.8, 4) is 0 Å². The summed E-state index contributed by atoms with van der Waals surface area (Å²) in [5.41, 5.74) is 5.93. The molecule has 0 radical (unpaired) electrons. The fourth-order valence-electron chi connectivity index (χ4n) is 3.20. The minimum atomic E-state index is 0.701. The first kappa shape index (κ1) is 15.0. The summed E-state index contributed by atoms with van der Waals surface area (Å²) in [6, 6.07) is 0.843. The highest BCUT2D eigenvalue weighted by atomic mass is 15.2. The molecule has 0 bridgehead atoms. The van der Waals surface area contributed by atoms with E-state index in [2.05, 4.69) is 25.7 Å². The summed E-state index contributed by atoms with van der Waals surface area (Å²) in [5, 5.41) is 0. The number of nitrogens with two attached hydrogens (primary N) is 1. The smallest absolute Gasteiger partial charge is 0.00952 e. The molecule has 102 valence electrons. The maximum absolute atomic E-state index is 5.93. The van der Waals surface area contributed by atoms with Gasteiger partial charge < -0.3 is 10.6 Å². The van der Waals surface area contributed by atoms with Crippen molar-refractivity contribution in [3.05, 3.63) is 0 Å². The Morgan fingerprint density at radius 2 is 2.06 bits per heavy atom. The van der Waals surface area contributed by atoms with Crippen LogP contribution in [0.15, 0.2) is 0 Å². The van der Waals surface area contributed by atoms with Gasteiger partial charge in [-0.15, -0.1) is 0 Å². The van der Waals surface area contributed by atoms with Crippen LogP contribution in [0.3, 0.4) is 0 Å². The number of rotatable bonds is 7. The molecule has 0 amide bonds. The number of piperidine rings is 1. The number of hydrogen-bond acceptors (Lipinski definition) is 2. The second-order valence-electron chi connectivity index (χ2n) is 6.16. The van der Waals surface area contributed by atoms with E-state index in [1.807, 2.05) is 0 Å². The number of likely N-dealkylation sites (tertiary alicyclic amines) is 1. The summed E-state index contributed by atoms with van der Waals surface area (Å²) in [6.07, 6.45) is 8.20. The van der Waals surface area contributed by atoms with Gasteiger partial charge in [0.05, 0.1) is 0 Å². The van der Waals surface area contributed by atoms with Gasteiger partial charge in [0.15, 0.2) is 0 Å². The molecule has 2 nitrogen and oxygen atoms in total. The zero-order chi connectivity index (χ0) is 12.7. The molecule has 1 aliphatic rings. The van der Waals surface area contributed by atoms with Crippen molar-refractivity contribution >= 4 is 0 Å². The first-order chi connectivity index (χ1) is 8.17. The van der Waals surface area contributed by atoms with Crippen LogP contribution in [0.5, 0.6) is 0 Å². The van der Waals surface area contributed by atoms with Crippen LogP contribution in [0.4, 0.5) is 0 Å². The number of hydrogen-bond donors (Lipinski definition) is 1. The van der Waals surface area contributed by atoms with Crippen LogP contribution >= 0.6 is 0 Å². The van der Waals surface area contributed by atoms with Crippen LogP contribution in [-0.4, -0.2) is 30.6 Å². The predicted octanol–water partition coefficient (Wildman–Crippen LogP) is 3.26. The summed E-state index contributed by atoms with van der Waals surface area (Å²) in [6.45, 7) is 10.3. The van der Waals surface area contributed by atoms with Crippen molar-refractivity contribution in [2.45, 2.75) is 65.3 Å². The van der Waals surface area contributed by atoms with E-state index >= 15 is 0 Å². The van der Waals surface area contributed by atoms with Crippen molar-refractivity contribution in [1.82, 2.24) is 4.90 Å². The molecule has 2 N–H and O–H groups in total. The fraction of sp³-hybridized carbons (Fsp3) is 1.00. The second kappa shape index (κ2) is 8.10. The third-order valence-corrected chi connectivity index (χ3v) is 4.00. The van der Waals surface area contributed by atoms with Gasteiger partial charge in [-0.1, -0.05) is 33.6 Å². The molecular weight excluding hydrogens is 208 g/mol. The van der Waals surface area contributed by atoms with Gasteiger partial charge in [-0.2, -0.15) is 0 Å². The first-order valence-corrected chi connectivity index (χ1v) is 7.61. The zero-order valence-electron chi connectivity index (χ0n) is 12.1. The van der Waals surface area contributed by atoms with Crippen molar-refractivity contribution in [1.29, 1.82) is 0 Å². The topological polar surface area (TPSA) is 29.3 Å². The Morgan fingerprint density at radius 3 is 2.65 bits per heavy atom. The largest absolute Gasteiger partial charge is 0.330 e. The van der Waals surface area contributed by atoms with Gasteiger partial charge in [-0.05, 0) is 50.6 Å². The quantitative estimate of drug-likeness (QED) is 0.740. The molecule has 2 heteroatoms. The molecule has 1 rings (SSSR count). The lowest BCUT2D eigenvalue weighted by molar-refractivity contribution is 0.113. The predicted molar refractivity (Wildman–Crippen MR) is 76.1 cm³/mol. The molecule has 0 aliphatic carbocycles. The lowest BCUT2D eigenvalue weighted by Crippen LogP contribution is -2.43. The highest BCUT2D eigenvalue weighted by Crippen LogP contribution is 2.23. The molecule has 2 unspecified atom stereocenters. The fourth-order valence-corrected chi connectivity index (χ4v) is 3.20. The van der Waals surface area contributed by atoms with E-state index in [1.54, 1.807) is 0 Å². The standard InChI is InChI=1S/C15H32N2/c1-4-7-15-8-5-6-9-17(15)12-14(11-16)10-13(2)3/h13-15H,4-12,16H2,1-3H3. The second-order valence-corrected chi connectivity index (χ2v) is 6.16. The lowest BCUT2D eigenvalue weighted by Gasteiger charge is -2.38. The Labute approximate surface area is 108 Å². The Kier molecular flexibility index (Phi) is 7.14. The zero-order valence-corrected chi connectivity index (χ0v) is 12.1. The van der Waals surface area contributed by atoms with E-state index in [-0.39, 0.29) is 0 Å². The average Bonchev–Trinajstić information content (AvgIpc) is 2.30. The van der Waals surface area contributed by atoms with E-state index in [0.29, 0.717) is 5.92 Å². The van der Waals surface area contributed by atoms with Gasteiger partial charge in [0.1, 0.15) is 0 Å². The highest BCUT2D eigenvalue weighted by molar-refractivity contribution is 4.79. The average molecular weight is 240 g/mol. The molecule has 17 heavy (non-hydrogen) atoms. The van der Waals surface area contributed by atoms with E-state index in [9.17, 15) is 0 Å². The van der Waals surface area contributed by atoms with Crippen LogP contribution in [0.1, 0.15) is 59.3 Å². The van der Waals surface area contributed by atoms with Crippen molar-refractivity contribution in [2.24, 2.45) is 17.6 Å². The first-order valence-electron chi connectivity index (χ1n) is 7.61. The van der Waals surface area contributed by atoms with Crippen molar-refractivity contribution in [3.63, 3.8) is 0 Å². The lowest BCUT2D eigenvalue weighted by atomic mass is 9.93. The number of nitrogens with zero attached hydrogens (tertiary/aromatic N) is 1. The van der Waals surface area contributed by atoms with Gasteiger partial charge in [-0.25, -0.2) is 0 Å². The van der Waals surface area contributed by atoms with Gasteiger partial charge in [-0.3, -0.25) is 0 Å². The summed E-state index contributed by atoms with van der Waals surface area (Å²) in [7, 11) is 0. The van der Waals surface area contributed by atoms with Crippen molar-refractivity contribution < 1.29 is 0 Å². The maximum Gasteiger partial charge on any atom is 0.00952 e. The summed E-state index contributed by atoms with van der Waals surface area (Å²) in [4.78, 5) is 2.73. The van der Waals surface area contributed by atoms with Crippen LogP contribution in [-0.2, 0) is 0 Å². The molecule has 1 aliphatic heterocycles. The van der Waals surface area contributed by atoms with Gasteiger partial charge in [0.2, 0.25) is 0 Å². The summed E-state index contributed by atoms with van der Waals surface area (Å²) < 4.78 is 0. The molecule has 0 aromatic heterocycles. The molecule has 0 aromatic carbocycles. The summed E-state index contributed by atoms with van der Waals surface area (Å²) in [5.74, 6) is 1.48. The normalized spacial score (nSPS) is 24.2. The Bertz CT molecular complexity index is 189. The molecule has 1 fully saturated rings. The monoisotopic (exact) mass is 240 g/mol. The SMILES string of the molecule is CCCC1CCCCN1CC(CN)CC(C)C. The molecule has 0 aromatic rings. The van der Waals surface area contributed by atoms with E-state index < -0.39 is 0 Å². The van der Waals surface area contributed by atoms with E-state index in [0.717, 1.165) is 18.5 Å². The molecule has 1 heterocycles. The van der Waals surface area contributed by atoms with E-state index in [1.165, 1.54) is 51.6 Å². The van der Waals surface area contributed by atoms with Crippen LogP contribution in [0.25, 0.3) is 0 Å². The van der Waals surface area contributed by atoms with Crippen LogP contribution in [0, 0.1) is 11.8 Å². The molecular formula is C15H32N2. The Balaban J connectivity index is 2.44. The molecule has 0 saturated carbocycles. The van der Waals surface area contributed by atoms with Crippen LogP contribution in [0.2, 0.25) is 0 Å². The highest BCUT2D eigenvalue weighted by Gasteiger charge is 2.24.